The molecule has 1 fully saturated rings. The zero-order valence-corrected chi connectivity index (χ0v) is 11.0. The topological polar surface area (TPSA) is 51.1 Å². The highest BCUT2D eigenvalue weighted by Gasteiger charge is 2.22. The summed E-state index contributed by atoms with van der Waals surface area (Å²) in [6.07, 6.45) is 3.30. The zero-order chi connectivity index (χ0) is 12.4. The summed E-state index contributed by atoms with van der Waals surface area (Å²) in [6, 6.07) is 0.298. The highest BCUT2D eigenvalue weighted by atomic mass is 32.1. The van der Waals surface area contributed by atoms with Gasteiger partial charge in [0.25, 0.3) is 0 Å². The van der Waals surface area contributed by atoms with Crippen molar-refractivity contribution in [2.45, 2.75) is 45.7 Å². The quantitative estimate of drug-likeness (QED) is 0.889. The van der Waals surface area contributed by atoms with Gasteiger partial charge in [0.15, 0.2) is 0 Å². The molecule has 4 nitrogen and oxygen atoms in total. The highest BCUT2D eigenvalue weighted by molar-refractivity contribution is 7.07. The summed E-state index contributed by atoms with van der Waals surface area (Å²) in [5.74, 6) is 0.651. The number of aromatic nitrogens is 1. The molecule has 2 unspecified atom stereocenters. The molecule has 5 heteroatoms. The normalized spacial score (nSPS) is 23.9. The van der Waals surface area contributed by atoms with Gasteiger partial charge in [-0.05, 0) is 32.1 Å². The third-order valence-corrected chi connectivity index (χ3v) is 4.22. The third kappa shape index (κ3) is 2.97. The van der Waals surface area contributed by atoms with Crippen molar-refractivity contribution in [1.29, 1.82) is 0 Å². The maximum Gasteiger partial charge on any atom is 0.307 e. The van der Waals surface area contributed by atoms with Crippen molar-refractivity contribution in [3.63, 3.8) is 0 Å². The Labute approximate surface area is 105 Å². The van der Waals surface area contributed by atoms with Crippen LogP contribution in [0.25, 0.3) is 0 Å². The summed E-state index contributed by atoms with van der Waals surface area (Å²) in [6.45, 7) is 4.21. The fraction of sp³-hybridized carbons (Fsp3) is 0.667. The van der Waals surface area contributed by atoms with Crippen LogP contribution in [0.3, 0.4) is 0 Å². The maximum absolute atomic E-state index is 11.8. The van der Waals surface area contributed by atoms with Crippen molar-refractivity contribution in [3.8, 4) is 0 Å². The van der Waals surface area contributed by atoms with Gasteiger partial charge in [-0.1, -0.05) is 18.3 Å². The monoisotopic (exact) mass is 254 g/mol. The number of nitrogens with one attached hydrogen (secondary N) is 1. The van der Waals surface area contributed by atoms with Crippen LogP contribution in [0.5, 0.6) is 0 Å². The van der Waals surface area contributed by atoms with Gasteiger partial charge in [0.05, 0.1) is 0 Å². The molecular formula is C12H18N2O2S. The minimum Gasteiger partial charge on any atom is -0.352 e. The van der Waals surface area contributed by atoms with E-state index in [4.69, 9.17) is 0 Å². The highest BCUT2D eigenvalue weighted by Crippen LogP contribution is 2.24. The summed E-state index contributed by atoms with van der Waals surface area (Å²) in [5, 5.41) is 4.79. The lowest BCUT2D eigenvalue weighted by Gasteiger charge is -2.13. The Morgan fingerprint density at radius 1 is 1.59 bits per heavy atom. The summed E-state index contributed by atoms with van der Waals surface area (Å²) in [7, 11) is 0. The Morgan fingerprint density at radius 2 is 2.35 bits per heavy atom. The van der Waals surface area contributed by atoms with E-state index in [1.54, 1.807) is 5.38 Å². The molecular weight excluding hydrogens is 236 g/mol. The molecule has 1 aliphatic carbocycles. The summed E-state index contributed by atoms with van der Waals surface area (Å²) in [4.78, 5) is 23.2. The van der Waals surface area contributed by atoms with Crippen LogP contribution in [0, 0.1) is 12.8 Å². The van der Waals surface area contributed by atoms with E-state index in [-0.39, 0.29) is 17.3 Å². The summed E-state index contributed by atoms with van der Waals surface area (Å²) >= 11 is 1.14. The Hall–Kier alpha value is -1.10. The minimum absolute atomic E-state index is 0.0484. The second kappa shape index (κ2) is 5.04. The maximum atomic E-state index is 11.8. The van der Waals surface area contributed by atoms with Gasteiger partial charge in [-0.25, -0.2) is 0 Å². The predicted molar refractivity (Wildman–Crippen MR) is 68.3 cm³/mol. The van der Waals surface area contributed by atoms with E-state index in [0.717, 1.165) is 29.9 Å². The molecule has 1 heterocycles. The predicted octanol–water partition coefficient (Wildman–Crippen LogP) is 1.52. The van der Waals surface area contributed by atoms with E-state index in [1.807, 2.05) is 6.92 Å². The smallest absolute Gasteiger partial charge is 0.307 e. The van der Waals surface area contributed by atoms with Gasteiger partial charge >= 0.3 is 4.87 Å². The Morgan fingerprint density at radius 3 is 2.88 bits per heavy atom. The molecule has 1 aromatic heterocycles. The Kier molecular flexibility index (Phi) is 3.66. The molecule has 1 aromatic rings. The average Bonchev–Trinajstić information content (AvgIpc) is 2.79. The van der Waals surface area contributed by atoms with Crippen molar-refractivity contribution < 1.29 is 4.79 Å². The Bertz CT molecular complexity index is 463. The molecule has 0 aromatic carbocycles. The fourth-order valence-corrected chi connectivity index (χ4v) is 3.09. The zero-order valence-electron chi connectivity index (χ0n) is 10.2. The van der Waals surface area contributed by atoms with Crippen molar-refractivity contribution >= 4 is 17.2 Å². The molecule has 2 rings (SSSR count). The van der Waals surface area contributed by atoms with Crippen molar-refractivity contribution in [3.05, 3.63) is 20.7 Å². The van der Waals surface area contributed by atoms with E-state index in [0.29, 0.717) is 12.0 Å². The van der Waals surface area contributed by atoms with Gasteiger partial charge in [0, 0.05) is 17.1 Å². The van der Waals surface area contributed by atoms with E-state index in [1.165, 1.54) is 11.0 Å². The van der Waals surface area contributed by atoms with Gasteiger partial charge in [0.1, 0.15) is 6.54 Å². The van der Waals surface area contributed by atoms with Gasteiger partial charge in [-0.2, -0.15) is 0 Å². The molecule has 1 saturated carbocycles. The Balaban J connectivity index is 1.92. The number of hydrogen-bond acceptors (Lipinski definition) is 3. The van der Waals surface area contributed by atoms with E-state index < -0.39 is 0 Å². The second-order valence-corrected chi connectivity index (χ2v) is 5.73. The van der Waals surface area contributed by atoms with Crippen LogP contribution in [-0.2, 0) is 11.3 Å². The molecule has 1 amide bonds. The molecule has 0 radical (unpaired) electrons. The second-order valence-electron chi connectivity index (χ2n) is 4.91. The van der Waals surface area contributed by atoms with Crippen LogP contribution in [0.1, 0.15) is 31.9 Å². The first kappa shape index (κ1) is 12.4. The van der Waals surface area contributed by atoms with Crippen molar-refractivity contribution in [2.24, 2.45) is 5.92 Å². The molecule has 0 saturated heterocycles. The van der Waals surface area contributed by atoms with Crippen LogP contribution in [0.15, 0.2) is 10.2 Å². The fourth-order valence-electron chi connectivity index (χ4n) is 2.35. The molecule has 17 heavy (non-hydrogen) atoms. The first-order chi connectivity index (χ1) is 8.06. The van der Waals surface area contributed by atoms with Gasteiger partial charge in [-0.3, -0.25) is 14.2 Å². The van der Waals surface area contributed by atoms with Gasteiger partial charge in [0.2, 0.25) is 5.91 Å². The lowest BCUT2D eigenvalue weighted by atomic mass is 10.1. The first-order valence-corrected chi connectivity index (χ1v) is 6.88. The molecule has 1 aliphatic rings. The summed E-state index contributed by atoms with van der Waals surface area (Å²) in [5.41, 5.74) is 0.856. The minimum atomic E-state index is -0.0579. The third-order valence-electron chi connectivity index (χ3n) is 3.34. The molecule has 0 aliphatic heterocycles. The van der Waals surface area contributed by atoms with E-state index in [2.05, 4.69) is 12.2 Å². The molecule has 0 bridgehead atoms. The summed E-state index contributed by atoms with van der Waals surface area (Å²) < 4.78 is 1.53. The van der Waals surface area contributed by atoms with Gasteiger partial charge in [-0.15, -0.1) is 0 Å². The van der Waals surface area contributed by atoms with Crippen molar-refractivity contribution in [1.82, 2.24) is 9.88 Å². The SMILES string of the molecule is Cc1csc(=O)n1CC(=O)NC1CCC(C)C1. The number of nitrogens with zero attached hydrogens (tertiary/aromatic N) is 1. The molecule has 1 N–H and O–H groups in total. The first-order valence-electron chi connectivity index (χ1n) is 6.00. The number of rotatable bonds is 3. The molecule has 2 atom stereocenters. The largest absolute Gasteiger partial charge is 0.352 e. The number of amides is 1. The molecule has 0 spiro atoms. The van der Waals surface area contributed by atoms with Crippen LogP contribution in [0.2, 0.25) is 0 Å². The number of carbonyl (C=O) groups is 1. The van der Waals surface area contributed by atoms with E-state index in [9.17, 15) is 9.59 Å². The van der Waals surface area contributed by atoms with Crippen LogP contribution >= 0.6 is 11.3 Å². The number of carbonyl (C=O) groups excluding carboxylic acids is 1. The van der Waals surface area contributed by atoms with Crippen LogP contribution in [0.4, 0.5) is 0 Å². The standard InChI is InChI=1S/C12H18N2O2S/c1-8-3-4-10(5-8)13-11(15)6-14-9(2)7-17-12(14)16/h7-8,10H,3-6H2,1-2H3,(H,13,15). The number of aryl methyl sites for hydroxylation is 1. The number of thiazole rings is 1. The average molecular weight is 254 g/mol. The number of hydrogen-bond donors (Lipinski definition) is 1. The molecule has 94 valence electrons. The van der Waals surface area contributed by atoms with Crippen LogP contribution < -0.4 is 10.2 Å². The van der Waals surface area contributed by atoms with Crippen LogP contribution in [-0.4, -0.2) is 16.5 Å². The lowest BCUT2D eigenvalue weighted by molar-refractivity contribution is -0.122. The van der Waals surface area contributed by atoms with Crippen molar-refractivity contribution in [2.75, 3.05) is 0 Å². The van der Waals surface area contributed by atoms with E-state index >= 15 is 0 Å². The van der Waals surface area contributed by atoms with Gasteiger partial charge < -0.3 is 5.32 Å². The lowest BCUT2D eigenvalue weighted by Crippen LogP contribution is -2.37.